The van der Waals surface area contributed by atoms with E-state index in [1.165, 1.54) is 0 Å². The lowest BCUT2D eigenvalue weighted by Crippen LogP contribution is -2.47. The van der Waals surface area contributed by atoms with Crippen LogP contribution in [0.4, 0.5) is 5.95 Å². The van der Waals surface area contributed by atoms with Gasteiger partial charge in [0.1, 0.15) is 5.75 Å². The number of rotatable bonds is 6. The molecular formula is C21H27N5O2. The molecule has 2 aliphatic heterocycles. The van der Waals surface area contributed by atoms with Gasteiger partial charge in [0.2, 0.25) is 5.95 Å². The normalized spacial score (nSPS) is 17.5. The van der Waals surface area contributed by atoms with E-state index in [0.717, 1.165) is 74.9 Å². The number of carbonyl (C=O) groups excluding carboxylic acids is 1. The van der Waals surface area contributed by atoms with Gasteiger partial charge in [-0.25, -0.2) is 9.97 Å². The van der Waals surface area contributed by atoms with Crippen molar-refractivity contribution in [3.05, 3.63) is 47.8 Å². The number of aromatic nitrogens is 2. The molecule has 7 heteroatoms. The molecule has 0 spiro atoms. The summed E-state index contributed by atoms with van der Waals surface area (Å²) < 4.78 is 5.91. The Morgan fingerprint density at radius 2 is 1.86 bits per heavy atom. The fourth-order valence-corrected chi connectivity index (χ4v) is 3.76. The molecule has 148 valence electrons. The van der Waals surface area contributed by atoms with Gasteiger partial charge in [-0.3, -0.25) is 9.69 Å². The summed E-state index contributed by atoms with van der Waals surface area (Å²) in [6.07, 6.45) is 5.46. The van der Waals surface area contributed by atoms with Gasteiger partial charge in [-0.05, 0) is 36.6 Å². The van der Waals surface area contributed by atoms with Gasteiger partial charge in [0.25, 0.3) is 5.91 Å². The third kappa shape index (κ3) is 4.25. The molecular weight excluding hydrogens is 354 g/mol. The lowest BCUT2D eigenvalue weighted by atomic mass is 9.99. The van der Waals surface area contributed by atoms with Crippen molar-refractivity contribution < 1.29 is 9.53 Å². The second-order valence-electron chi connectivity index (χ2n) is 7.38. The Morgan fingerprint density at radius 1 is 1.07 bits per heavy atom. The molecule has 0 N–H and O–H groups in total. The Kier molecular flexibility index (Phi) is 5.71. The smallest absolute Gasteiger partial charge is 0.254 e. The van der Waals surface area contributed by atoms with Crippen LogP contribution < -0.4 is 9.64 Å². The first-order valence-corrected chi connectivity index (χ1v) is 9.96. The molecule has 28 heavy (non-hydrogen) atoms. The molecule has 2 aliphatic rings. The second kappa shape index (κ2) is 8.56. The molecule has 1 fully saturated rings. The highest BCUT2D eigenvalue weighted by Gasteiger charge is 2.22. The van der Waals surface area contributed by atoms with Crippen molar-refractivity contribution in [1.29, 1.82) is 0 Å². The van der Waals surface area contributed by atoms with E-state index < -0.39 is 0 Å². The minimum atomic E-state index is 0.0898. The molecule has 0 unspecified atom stereocenters. The van der Waals surface area contributed by atoms with Crippen molar-refractivity contribution in [2.75, 3.05) is 57.8 Å². The first-order chi connectivity index (χ1) is 13.7. The minimum absolute atomic E-state index is 0.0898. The summed E-state index contributed by atoms with van der Waals surface area (Å²) in [6, 6.07) is 7.75. The zero-order valence-electron chi connectivity index (χ0n) is 16.4. The maximum absolute atomic E-state index is 12.3. The summed E-state index contributed by atoms with van der Waals surface area (Å²) >= 11 is 0. The summed E-state index contributed by atoms with van der Waals surface area (Å²) in [5.41, 5.74) is 1.90. The fourth-order valence-electron chi connectivity index (χ4n) is 3.76. The van der Waals surface area contributed by atoms with Crippen LogP contribution in [0.3, 0.4) is 0 Å². The van der Waals surface area contributed by atoms with E-state index in [4.69, 9.17) is 4.74 Å². The zero-order valence-corrected chi connectivity index (χ0v) is 16.4. The summed E-state index contributed by atoms with van der Waals surface area (Å²) in [7, 11) is 1.85. The Morgan fingerprint density at radius 3 is 2.64 bits per heavy atom. The number of nitrogens with zero attached hydrogens (tertiary/aromatic N) is 5. The van der Waals surface area contributed by atoms with Crippen molar-refractivity contribution in [1.82, 2.24) is 19.8 Å². The topological polar surface area (TPSA) is 61.8 Å². The molecule has 2 aromatic rings. The molecule has 0 atom stereocenters. The largest absolute Gasteiger partial charge is 0.494 e. The van der Waals surface area contributed by atoms with E-state index >= 15 is 0 Å². The molecule has 1 amide bonds. The molecule has 1 aromatic carbocycles. The quantitative estimate of drug-likeness (QED) is 0.710. The van der Waals surface area contributed by atoms with E-state index in [1.807, 2.05) is 31.3 Å². The highest BCUT2D eigenvalue weighted by molar-refractivity contribution is 5.97. The van der Waals surface area contributed by atoms with Crippen LogP contribution >= 0.6 is 0 Å². The standard InChI is InChI=1S/C21H27N5O2/c1-24-10-6-17-4-5-18(16-19(17)20(24)27)28-15-3-9-25-11-13-26(14-12-25)21-22-7-2-8-23-21/h2,4-5,7-8,16H,3,6,9-15H2,1H3. The van der Waals surface area contributed by atoms with Crippen molar-refractivity contribution in [3.63, 3.8) is 0 Å². The van der Waals surface area contributed by atoms with Crippen LogP contribution in [-0.4, -0.2) is 78.6 Å². The number of fused-ring (bicyclic) bond motifs is 1. The molecule has 1 saturated heterocycles. The highest BCUT2D eigenvalue weighted by Crippen LogP contribution is 2.23. The van der Waals surface area contributed by atoms with Gasteiger partial charge in [-0.2, -0.15) is 0 Å². The molecule has 0 aliphatic carbocycles. The third-order valence-electron chi connectivity index (χ3n) is 5.47. The summed E-state index contributed by atoms with van der Waals surface area (Å²) in [4.78, 5) is 27.4. The number of benzene rings is 1. The van der Waals surface area contributed by atoms with Gasteiger partial charge >= 0.3 is 0 Å². The molecule has 4 rings (SSSR count). The Balaban J connectivity index is 1.20. The number of hydrogen-bond acceptors (Lipinski definition) is 6. The number of piperazine rings is 1. The zero-order chi connectivity index (χ0) is 19.3. The van der Waals surface area contributed by atoms with Crippen molar-refractivity contribution in [3.8, 4) is 5.75 Å². The van der Waals surface area contributed by atoms with Crippen LogP contribution in [0, 0.1) is 0 Å². The lowest BCUT2D eigenvalue weighted by molar-refractivity contribution is 0.0780. The van der Waals surface area contributed by atoms with Crippen LogP contribution in [-0.2, 0) is 6.42 Å². The van der Waals surface area contributed by atoms with Crippen LogP contribution in [0.15, 0.2) is 36.7 Å². The Bertz CT molecular complexity index is 806. The first kappa shape index (κ1) is 18.7. The van der Waals surface area contributed by atoms with Crippen LogP contribution in [0.5, 0.6) is 5.75 Å². The molecule has 3 heterocycles. The molecule has 7 nitrogen and oxygen atoms in total. The molecule has 0 radical (unpaired) electrons. The minimum Gasteiger partial charge on any atom is -0.494 e. The van der Waals surface area contributed by atoms with E-state index in [1.54, 1.807) is 17.3 Å². The number of amides is 1. The molecule has 0 saturated carbocycles. The van der Waals surface area contributed by atoms with Crippen LogP contribution in [0.1, 0.15) is 22.3 Å². The second-order valence-corrected chi connectivity index (χ2v) is 7.38. The summed E-state index contributed by atoms with van der Waals surface area (Å²) in [5.74, 6) is 1.69. The van der Waals surface area contributed by atoms with Crippen molar-refractivity contribution >= 4 is 11.9 Å². The number of likely N-dealkylation sites (N-methyl/N-ethyl adjacent to an activating group) is 1. The van der Waals surface area contributed by atoms with Gasteiger partial charge in [0.05, 0.1) is 6.61 Å². The molecule has 1 aromatic heterocycles. The van der Waals surface area contributed by atoms with Gasteiger partial charge in [-0.15, -0.1) is 0 Å². The lowest BCUT2D eigenvalue weighted by Gasteiger charge is -2.34. The van der Waals surface area contributed by atoms with Gasteiger partial charge in [0.15, 0.2) is 0 Å². The SMILES string of the molecule is CN1CCc2ccc(OCCCN3CCN(c4ncccn4)CC3)cc2C1=O. The summed E-state index contributed by atoms with van der Waals surface area (Å²) in [5, 5.41) is 0. The average Bonchev–Trinajstić information content (AvgIpc) is 2.75. The first-order valence-electron chi connectivity index (χ1n) is 9.96. The fraction of sp³-hybridized carbons (Fsp3) is 0.476. The highest BCUT2D eigenvalue weighted by atomic mass is 16.5. The third-order valence-corrected chi connectivity index (χ3v) is 5.47. The van der Waals surface area contributed by atoms with E-state index in [0.29, 0.717) is 6.61 Å². The number of carbonyl (C=O) groups is 1. The number of ether oxygens (including phenoxy) is 1. The predicted molar refractivity (Wildman–Crippen MR) is 108 cm³/mol. The molecule has 0 bridgehead atoms. The van der Waals surface area contributed by atoms with Gasteiger partial charge in [-0.1, -0.05) is 6.07 Å². The monoisotopic (exact) mass is 381 g/mol. The Hall–Kier alpha value is -2.67. The number of anilines is 1. The van der Waals surface area contributed by atoms with E-state index in [-0.39, 0.29) is 5.91 Å². The van der Waals surface area contributed by atoms with Crippen molar-refractivity contribution in [2.45, 2.75) is 12.8 Å². The van der Waals surface area contributed by atoms with Gasteiger partial charge in [0, 0.05) is 64.3 Å². The van der Waals surface area contributed by atoms with E-state index in [9.17, 15) is 4.79 Å². The van der Waals surface area contributed by atoms with Crippen LogP contribution in [0.25, 0.3) is 0 Å². The van der Waals surface area contributed by atoms with Crippen molar-refractivity contribution in [2.24, 2.45) is 0 Å². The predicted octanol–water partition coefficient (Wildman–Crippen LogP) is 1.70. The average molecular weight is 381 g/mol. The van der Waals surface area contributed by atoms with E-state index in [2.05, 4.69) is 19.8 Å². The number of hydrogen-bond donors (Lipinski definition) is 0. The maximum Gasteiger partial charge on any atom is 0.254 e. The van der Waals surface area contributed by atoms with Crippen LogP contribution in [0.2, 0.25) is 0 Å². The maximum atomic E-state index is 12.3. The Labute approximate surface area is 165 Å². The summed E-state index contributed by atoms with van der Waals surface area (Å²) in [6.45, 7) is 6.38. The van der Waals surface area contributed by atoms with Gasteiger partial charge < -0.3 is 14.5 Å².